The van der Waals surface area contributed by atoms with Crippen LogP contribution in [0.3, 0.4) is 0 Å². The highest BCUT2D eigenvalue weighted by atomic mass is 16.5. The topological polar surface area (TPSA) is 42.2 Å². The molecule has 24 heavy (non-hydrogen) atoms. The third-order valence-corrected chi connectivity index (χ3v) is 4.81. The van der Waals surface area contributed by atoms with Gasteiger partial charge in [0.25, 0.3) is 0 Å². The van der Waals surface area contributed by atoms with Gasteiger partial charge in [0.1, 0.15) is 5.69 Å². The van der Waals surface area contributed by atoms with Crippen LogP contribution >= 0.6 is 0 Å². The molecule has 1 fully saturated rings. The molecule has 2 aromatic heterocycles. The molecule has 0 saturated carbocycles. The minimum absolute atomic E-state index is 0.473. The van der Waals surface area contributed by atoms with Gasteiger partial charge in [-0.05, 0) is 49.6 Å². The molecule has 1 aliphatic rings. The smallest absolute Gasteiger partial charge is 0.151 e. The number of likely N-dealkylation sites (tertiary alicyclic amines) is 1. The standard InChI is InChI=1S/C20H21N3O/c1-15-5-2-3-6-18(15)20-7-4-12-23(20)14-17-13-19(22-24-17)16-8-10-21-11-9-16/h2-3,5-6,8-11,13,20H,4,7,12,14H2,1H3/t20-/m1/s1. The Morgan fingerprint density at radius 2 is 2.00 bits per heavy atom. The van der Waals surface area contributed by atoms with Gasteiger partial charge in [0, 0.05) is 30.1 Å². The number of aromatic nitrogens is 2. The highest BCUT2D eigenvalue weighted by molar-refractivity contribution is 5.57. The second-order valence-electron chi connectivity index (χ2n) is 6.40. The van der Waals surface area contributed by atoms with Gasteiger partial charge in [0.05, 0.1) is 6.54 Å². The van der Waals surface area contributed by atoms with Gasteiger partial charge in [-0.3, -0.25) is 9.88 Å². The Kier molecular flexibility index (Phi) is 4.13. The SMILES string of the molecule is Cc1ccccc1[C@H]1CCCN1Cc1cc(-c2ccncc2)no1. The molecular formula is C20H21N3O. The Labute approximate surface area is 142 Å². The van der Waals surface area contributed by atoms with Gasteiger partial charge in [-0.25, -0.2) is 0 Å². The maximum atomic E-state index is 5.58. The molecule has 0 radical (unpaired) electrons. The maximum absolute atomic E-state index is 5.58. The van der Waals surface area contributed by atoms with Crippen molar-refractivity contribution in [2.45, 2.75) is 32.4 Å². The Morgan fingerprint density at radius 1 is 1.17 bits per heavy atom. The Balaban J connectivity index is 1.53. The number of pyridine rings is 1. The summed E-state index contributed by atoms with van der Waals surface area (Å²) in [5.74, 6) is 0.919. The maximum Gasteiger partial charge on any atom is 0.151 e. The average Bonchev–Trinajstić information content (AvgIpc) is 3.26. The van der Waals surface area contributed by atoms with Crippen LogP contribution in [0.4, 0.5) is 0 Å². The van der Waals surface area contributed by atoms with E-state index in [4.69, 9.17) is 4.52 Å². The number of aryl methyl sites for hydroxylation is 1. The van der Waals surface area contributed by atoms with E-state index in [9.17, 15) is 0 Å². The summed E-state index contributed by atoms with van der Waals surface area (Å²) < 4.78 is 5.58. The quantitative estimate of drug-likeness (QED) is 0.715. The molecule has 0 spiro atoms. The van der Waals surface area contributed by atoms with Gasteiger partial charge in [-0.1, -0.05) is 29.4 Å². The van der Waals surface area contributed by atoms with Gasteiger partial charge in [0.15, 0.2) is 5.76 Å². The summed E-state index contributed by atoms with van der Waals surface area (Å²) in [5.41, 5.74) is 4.71. The van der Waals surface area contributed by atoms with Gasteiger partial charge < -0.3 is 4.52 Å². The lowest BCUT2D eigenvalue weighted by Gasteiger charge is -2.24. The summed E-state index contributed by atoms with van der Waals surface area (Å²) >= 11 is 0. The molecule has 1 saturated heterocycles. The van der Waals surface area contributed by atoms with Crippen molar-refractivity contribution in [1.29, 1.82) is 0 Å². The first kappa shape index (κ1) is 15.1. The van der Waals surface area contributed by atoms with Gasteiger partial charge in [0.2, 0.25) is 0 Å². The fraction of sp³-hybridized carbons (Fsp3) is 0.300. The van der Waals surface area contributed by atoms with Gasteiger partial charge >= 0.3 is 0 Å². The molecule has 3 heterocycles. The van der Waals surface area contributed by atoms with Crippen LogP contribution in [-0.4, -0.2) is 21.6 Å². The first-order valence-corrected chi connectivity index (χ1v) is 8.47. The molecule has 1 atom stereocenters. The summed E-state index contributed by atoms with van der Waals surface area (Å²) in [4.78, 5) is 6.55. The van der Waals surface area contributed by atoms with Crippen molar-refractivity contribution < 1.29 is 4.52 Å². The van der Waals surface area contributed by atoms with E-state index >= 15 is 0 Å². The Morgan fingerprint density at radius 3 is 2.83 bits per heavy atom. The van der Waals surface area contributed by atoms with Crippen LogP contribution in [0.1, 0.15) is 35.8 Å². The molecule has 4 heteroatoms. The average molecular weight is 319 g/mol. The van der Waals surface area contributed by atoms with Crippen LogP contribution < -0.4 is 0 Å². The predicted molar refractivity (Wildman–Crippen MR) is 93.3 cm³/mol. The number of hydrogen-bond acceptors (Lipinski definition) is 4. The van der Waals surface area contributed by atoms with Crippen molar-refractivity contribution in [2.75, 3.05) is 6.54 Å². The Hall–Kier alpha value is -2.46. The van der Waals surface area contributed by atoms with Gasteiger partial charge in [-0.2, -0.15) is 0 Å². The first-order valence-electron chi connectivity index (χ1n) is 8.47. The molecule has 0 bridgehead atoms. The summed E-state index contributed by atoms with van der Waals surface area (Å²) in [6.45, 7) is 4.10. The van der Waals surface area contributed by atoms with E-state index in [1.165, 1.54) is 24.0 Å². The zero-order valence-electron chi connectivity index (χ0n) is 13.9. The van der Waals surface area contributed by atoms with E-state index in [1.54, 1.807) is 12.4 Å². The highest BCUT2D eigenvalue weighted by Gasteiger charge is 2.27. The molecule has 0 N–H and O–H groups in total. The van der Waals surface area contributed by atoms with Gasteiger partial charge in [-0.15, -0.1) is 0 Å². The number of benzene rings is 1. The summed E-state index contributed by atoms with van der Waals surface area (Å²) in [6, 6.07) is 15.1. The molecule has 0 aliphatic carbocycles. The zero-order valence-corrected chi connectivity index (χ0v) is 13.9. The lowest BCUT2D eigenvalue weighted by Crippen LogP contribution is -2.23. The monoisotopic (exact) mass is 319 g/mol. The highest BCUT2D eigenvalue weighted by Crippen LogP contribution is 2.35. The van der Waals surface area contributed by atoms with Crippen molar-refractivity contribution in [1.82, 2.24) is 15.0 Å². The van der Waals surface area contributed by atoms with Crippen LogP contribution in [-0.2, 0) is 6.54 Å². The fourth-order valence-electron chi connectivity index (χ4n) is 3.57. The lowest BCUT2D eigenvalue weighted by molar-refractivity contribution is 0.216. The molecular weight excluding hydrogens is 298 g/mol. The molecule has 0 unspecified atom stereocenters. The Bertz CT molecular complexity index is 813. The second-order valence-corrected chi connectivity index (χ2v) is 6.40. The zero-order chi connectivity index (χ0) is 16.4. The molecule has 0 amide bonds. The van der Waals surface area contributed by atoms with Crippen molar-refractivity contribution in [3.63, 3.8) is 0 Å². The molecule has 4 rings (SSSR count). The predicted octanol–water partition coefficient (Wildman–Crippen LogP) is 4.38. The van der Waals surface area contributed by atoms with E-state index in [2.05, 4.69) is 46.2 Å². The summed E-state index contributed by atoms with van der Waals surface area (Å²) in [5, 5.41) is 4.21. The number of hydrogen-bond donors (Lipinski definition) is 0. The molecule has 122 valence electrons. The summed E-state index contributed by atoms with van der Waals surface area (Å²) in [6.07, 6.45) is 5.98. The van der Waals surface area contributed by atoms with E-state index in [1.807, 2.05) is 18.2 Å². The van der Waals surface area contributed by atoms with Crippen LogP contribution in [0.15, 0.2) is 59.4 Å². The minimum Gasteiger partial charge on any atom is -0.359 e. The van der Waals surface area contributed by atoms with Crippen molar-refractivity contribution in [2.24, 2.45) is 0 Å². The molecule has 3 aromatic rings. The van der Waals surface area contributed by atoms with E-state index < -0.39 is 0 Å². The van der Waals surface area contributed by atoms with Crippen molar-refractivity contribution in [3.8, 4) is 11.3 Å². The lowest BCUT2D eigenvalue weighted by atomic mass is 9.99. The first-order chi connectivity index (χ1) is 11.8. The number of rotatable bonds is 4. The normalized spacial score (nSPS) is 18.1. The summed E-state index contributed by atoms with van der Waals surface area (Å²) in [7, 11) is 0. The van der Waals surface area contributed by atoms with Crippen molar-refractivity contribution in [3.05, 3.63) is 71.7 Å². The van der Waals surface area contributed by atoms with Crippen LogP contribution in [0.25, 0.3) is 11.3 Å². The van der Waals surface area contributed by atoms with E-state index in [0.29, 0.717) is 6.04 Å². The number of nitrogens with zero attached hydrogens (tertiary/aromatic N) is 3. The third-order valence-electron chi connectivity index (χ3n) is 4.81. The van der Waals surface area contributed by atoms with Crippen molar-refractivity contribution >= 4 is 0 Å². The largest absolute Gasteiger partial charge is 0.359 e. The van der Waals surface area contributed by atoms with E-state index in [-0.39, 0.29) is 0 Å². The molecule has 4 nitrogen and oxygen atoms in total. The third kappa shape index (κ3) is 2.97. The molecule has 1 aliphatic heterocycles. The second kappa shape index (κ2) is 6.57. The fourth-order valence-corrected chi connectivity index (χ4v) is 3.57. The molecule has 1 aromatic carbocycles. The minimum atomic E-state index is 0.473. The van der Waals surface area contributed by atoms with Crippen LogP contribution in [0.2, 0.25) is 0 Å². The van der Waals surface area contributed by atoms with Crippen LogP contribution in [0, 0.1) is 6.92 Å². The van der Waals surface area contributed by atoms with E-state index in [0.717, 1.165) is 30.1 Å². The van der Waals surface area contributed by atoms with Crippen LogP contribution in [0.5, 0.6) is 0 Å².